The first-order chi connectivity index (χ1) is 15.9. The molecular weight excluding hydrogens is 426 g/mol. The van der Waals surface area contributed by atoms with Gasteiger partial charge in [-0.25, -0.2) is 8.78 Å². The van der Waals surface area contributed by atoms with Gasteiger partial charge in [-0.2, -0.15) is 5.26 Å². The van der Waals surface area contributed by atoms with Crippen molar-refractivity contribution in [2.24, 2.45) is 5.92 Å². The number of pyridine rings is 1. The van der Waals surface area contributed by atoms with Crippen molar-refractivity contribution in [1.29, 1.82) is 5.26 Å². The van der Waals surface area contributed by atoms with E-state index in [4.69, 9.17) is 5.26 Å². The number of amides is 2. The topological polar surface area (TPSA) is 86.1 Å². The highest BCUT2D eigenvalue weighted by Gasteiger charge is 2.47. The van der Waals surface area contributed by atoms with Gasteiger partial charge in [0.2, 0.25) is 5.91 Å². The average Bonchev–Trinajstić information content (AvgIpc) is 3.15. The second-order valence-corrected chi connectivity index (χ2v) is 8.80. The van der Waals surface area contributed by atoms with E-state index >= 15 is 0 Å². The minimum atomic E-state index is -3.09. The summed E-state index contributed by atoms with van der Waals surface area (Å²) in [6.07, 6.45) is 11.3. The molecule has 1 saturated heterocycles. The van der Waals surface area contributed by atoms with Crippen LogP contribution in [-0.2, 0) is 4.79 Å². The predicted octanol–water partition coefficient (Wildman–Crippen LogP) is 4.32. The Labute approximate surface area is 191 Å². The first-order valence-electron chi connectivity index (χ1n) is 11.3. The SMILES string of the molecule is N#CC1CC(F)(F)CN1C(=O)CNC(=O)c1ccnc2ccc(/C=C/C3CCCCC3)cc12. The number of alkyl halides is 2. The molecule has 0 bridgehead atoms. The summed E-state index contributed by atoms with van der Waals surface area (Å²) in [6, 6.07) is 7.81. The molecule has 0 spiro atoms. The lowest BCUT2D eigenvalue weighted by Gasteiger charge is -2.19. The van der Waals surface area contributed by atoms with Crippen LogP contribution in [0.15, 0.2) is 36.5 Å². The van der Waals surface area contributed by atoms with Gasteiger partial charge in [0.25, 0.3) is 11.8 Å². The van der Waals surface area contributed by atoms with Crippen molar-refractivity contribution in [2.45, 2.75) is 50.5 Å². The van der Waals surface area contributed by atoms with Gasteiger partial charge in [0.1, 0.15) is 6.04 Å². The van der Waals surface area contributed by atoms with Crippen molar-refractivity contribution in [2.75, 3.05) is 13.1 Å². The molecule has 6 nitrogen and oxygen atoms in total. The fourth-order valence-electron chi connectivity index (χ4n) is 4.59. The maximum absolute atomic E-state index is 13.6. The van der Waals surface area contributed by atoms with Crippen LogP contribution < -0.4 is 5.32 Å². The molecule has 8 heteroatoms. The number of rotatable bonds is 5. The van der Waals surface area contributed by atoms with E-state index < -0.39 is 43.3 Å². The van der Waals surface area contributed by atoms with Crippen LogP contribution in [-0.4, -0.2) is 46.8 Å². The summed E-state index contributed by atoms with van der Waals surface area (Å²) in [4.78, 5) is 30.4. The summed E-state index contributed by atoms with van der Waals surface area (Å²) >= 11 is 0. The van der Waals surface area contributed by atoms with Crippen LogP contribution in [0.25, 0.3) is 17.0 Å². The molecule has 1 aromatic heterocycles. The molecule has 2 fully saturated rings. The Bertz CT molecular complexity index is 1120. The third kappa shape index (κ3) is 5.36. The zero-order valence-corrected chi connectivity index (χ0v) is 18.3. The van der Waals surface area contributed by atoms with Crippen molar-refractivity contribution in [3.05, 3.63) is 47.7 Å². The van der Waals surface area contributed by atoms with Crippen LogP contribution >= 0.6 is 0 Å². The smallest absolute Gasteiger partial charge is 0.268 e. The monoisotopic (exact) mass is 452 g/mol. The van der Waals surface area contributed by atoms with Crippen molar-refractivity contribution >= 4 is 28.8 Å². The number of carbonyl (C=O) groups is 2. The first-order valence-corrected chi connectivity index (χ1v) is 11.3. The van der Waals surface area contributed by atoms with Gasteiger partial charge >= 0.3 is 0 Å². The Morgan fingerprint density at radius 2 is 2.03 bits per heavy atom. The van der Waals surface area contributed by atoms with Crippen LogP contribution in [0.3, 0.4) is 0 Å². The quantitative estimate of drug-likeness (QED) is 0.732. The lowest BCUT2D eigenvalue weighted by atomic mass is 9.88. The standard InChI is InChI=1S/C25H26F2N4O2/c26-25(27)13-19(14-28)31(16-25)23(32)15-30-24(33)20-10-11-29-22-9-8-18(12-21(20)22)7-6-17-4-2-1-3-5-17/h6-12,17,19H,1-5,13,15-16H2,(H,30,33)/b7-6+. The third-order valence-corrected chi connectivity index (χ3v) is 6.36. The molecule has 1 unspecified atom stereocenters. The average molecular weight is 453 g/mol. The number of fused-ring (bicyclic) bond motifs is 1. The summed E-state index contributed by atoms with van der Waals surface area (Å²) in [5, 5.41) is 12.2. The van der Waals surface area contributed by atoms with E-state index in [1.165, 1.54) is 38.3 Å². The predicted molar refractivity (Wildman–Crippen MR) is 120 cm³/mol. The maximum Gasteiger partial charge on any atom is 0.268 e. The van der Waals surface area contributed by atoms with E-state index in [-0.39, 0.29) is 0 Å². The molecule has 1 saturated carbocycles. The Kier molecular flexibility index (Phi) is 6.68. The van der Waals surface area contributed by atoms with Crippen LogP contribution in [0.2, 0.25) is 0 Å². The number of nitrogens with one attached hydrogen (secondary N) is 1. The molecule has 172 valence electrons. The zero-order valence-electron chi connectivity index (χ0n) is 18.3. The van der Waals surface area contributed by atoms with Crippen molar-refractivity contribution < 1.29 is 18.4 Å². The number of allylic oxidation sites excluding steroid dienone is 1. The van der Waals surface area contributed by atoms with Crippen molar-refractivity contribution in [3.63, 3.8) is 0 Å². The number of nitrogens with zero attached hydrogens (tertiary/aromatic N) is 3. The highest BCUT2D eigenvalue weighted by Crippen LogP contribution is 2.31. The van der Waals surface area contributed by atoms with Crippen LogP contribution in [0.5, 0.6) is 0 Å². The fraction of sp³-hybridized carbons (Fsp3) is 0.440. The van der Waals surface area contributed by atoms with Gasteiger partial charge < -0.3 is 10.2 Å². The Morgan fingerprint density at radius 1 is 1.24 bits per heavy atom. The molecule has 2 aromatic rings. The molecular formula is C25H26F2N4O2. The largest absolute Gasteiger partial charge is 0.343 e. The number of carbonyl (C=O) groups excluding carboxylic acids is 2. The van der Waals surface area contributed by atoms with E-state index in [1.807, 2.05) is 18.2 Å². The third-order valence-electron chi connectivity index (χ3n) is 6.36. The first kappa shape index (κ1) is 22.8. The molecule has 1 aromatic carbocycles. The Balaban J connectivity index is 1.47. The lowest BCUT2D eigenvalue weighted by molar-refractivity contribution is -0.131. The summed E-state index contributed by atoms with van der Waals surface area (Å²) in [5.74, 6) is -3.72. The summed E-state index contributed by atoms with van der Waals surface area (Å²) < 4.78 is 27.2. The molecule has 1 N–H and O–H groups in total. The maximum atomic E-state index is 13.6. The molecule has 2 amide bonds. The molecule has 2 aliphatic rings. The number of benzene rings is 1. The zero-order chi connectivity index (χ0) is 23.4. The number of aromatic nitrogens is 1. The van der Waals surface area contributed by atoms with Gasteiger partial charge in [-0.15, -0.1) is 0 Å². The van der Waals surface area contributed by atoms with Gasteiger partial charge in [-0.1, -0.05) is 37.5 Å². The second-order valence-electron chi connectivity index (χ2n) is 8.80. The molecule has 4 rings (SSSR count). The highest BCUT2D eigenvalue weighted by atomic mass is 19.3. The highest BCUT2D eigenvalue weighted by molar-refractivity contribution is 6.07. The van der Waals surface area contributed by atoms with Crippen molar-refractivity contribution in [3.8, 4) is 6.07 Å². The molecule has 0 radical (unpaired) electrons. The molecule has 33 heavy (non-hydrogen) atoms. The summed E-state index contributed by atoms with van der Waals surface area (Å²) in [6.45, 7) is -1.27. The van der Waals surface area contributed by atoms with Gasteiger partial charge in [-0.3, -0.25) is 14.6 Å². The van der Waals surface area contributed by atoms with Gasteiger partial charge in [0, 0.05) is 18.0 Å². The van der Waals surface area contributed by atoms with Gasteiger partial charge in [0.05, 0.1) is 30.2 Å². The lowest BCUT2D eigenvalue weighted by Crippen LogP contribution is -2.43. The summed E-state index contributed by atoms with van der Waals surface area (Å²) in [5.41, 5.74) is 1.96. The minimum absolute atomic E-state index is 0.351. The van der Waals surface area contributed by atoms with Gasteiger partial charge in [0.15, 0.2) is 0 Å². The van der Waals surface area contributed by atoms with Crippen LogP contribution in [0.4, 0.5) is 8.78 Å². The number of hydrogen-bond donors (Lipinski definition) is 1. The number of nitriles is 1. The van der Waals surface area contributed by atoms with Crippen molar-refractivity contribution in [1.82, 2.24) is 15.2 Å². The van der Waals surface area contributed by atoms with E-state index in [1.54, 1.807) is 12.1 Å². The van der Waals surface area contributed by atoms with E-state index in [0.29, 0.717) is 22.4 Å². The molecule has 1 atom stereocenters. The normalized spacial score (nSPS) is 20.8. The second kappa shape index (κ2) is 9.65. The Hall–Kier alpha value is -3.34. The minimum Gasteiger partial charge on any atom is -0.343 e. The Morgan fingerprint density at radius 3 is 2.79 bits per heavy atom. The van der Waals surface area contributed by atoms with Crippen LogP contribution in [0, 0.1) is 17.2 Å². The fourth-order valence-corrected chi connectivity index (χ4v) is 4.59. The molecule has 1 aliphatic heterocycles. The van der Waals surface area contributed by atoms with Crippen LogP contribution in [0.1, 0.15) is 54.4 Å². The number of halogens is 2. The molecule has 1 aliphatic carbocycles. The van der Waals surface area contributed by atoms with E-state index in [0.717, 1.165) is 10.5 Å². The van der Waals surface area contributed by atoms with Gasteiger partial charge in [-0.05, 0) is 42.5 Å². The van der Waals surface area contributed by atoms with E-state index in [9.17, 15) is 18.4 Å². The van der Waals surface area contributed by atoms with E-state index in [2.05, 4.69) is 22.5 Å². The number of likely N-dealkylation sites (tertiary alicyclic amines) is 1. The molecule has 2 heterocycles. The number of hydrogen-bond acceptors (Lipinski definition) is 4. The summed E-state index contributed by atoms with van der Waals surface area (Å²) in [7, 11) is 0.